The standard InChI is InChI=1S/C22H34N4OS/c1-21(2)14-16(15-22(3,4)26-21)24-20-23-12-11-18(25-20)19-10-9-17(28-19)8-6-7-13-27-5/h9-12,16,26H,6-8,13-15H2,1-5H3,(H,23,24,25). The second-order valence-corrected chi connectivity index (χ2v) is 10.3. The van der Waals surface area contributed by atoms with Crippen LogP contribution in [-0.4, -0.2) is 40.8 Å². The molecular weight excluding hydrogens is 368 g/mol. The van der Waals surface area contributed by atoms with Crippen LogP contribution in [0.25, 0.3) is 10.6 Å². The van der Waals surface area contributed by atoms with E-state index in [0.717, 1.165) is 50.4 Å². The van der Waals surface area contributed by atoms with Crippen molar-refractivity contribution in [3.05, 3.63) is 29.3 Å². The number of nitrogens with zero attached hydrogens (tertiary/aromatic N) is 2. The quantitative estimate of drug-likeness (QED) is 0.615. The Labute approximate surface area is 173 Å². The molecule has 0 atom stereocenters. The normalized spacial score (nSPS) is 18.9. The molecule has 1 fully saturated rings. The number of nitrogens with one attached hydrogen (secondary N) is 2. The van der Waals surface area contributed by atoms with E-state index in [0.29, 0.717) is 6.04 Å². The Morgan fingerprint density at radius 3 is 2.61 bits per heavy atom. The van der Waals surface area contributed by atoms with Crippen molar-refractivity contribution in [3.8, 4) is 10.6 Å². The fourth-order valence-electron chi connectivity index (χ4n) is 4.37. The van der Waals surface area contributed by atoms with E-state index in [2.05, 4.69) is 55.4 Å². The van der Waals surface area contributed by atoms with Gasteiger partial charge in [-0.25, -0.2) is 9.97 Å². The van der Waals surface area contributed by atoms with E-state index in [4.69, 9.17) is 9.72 Å². The molecule has 0 spiro atoms. The van der Waals surface area contributed by atoms with Crippen molar-refractivity contribution in [2.45, 2.75) is 76.9 Å². The minimum absolute atomic E-state index is 0.0997. The maximum absolute atomic E-state index is 5.13. The highest BCUT2D eigenvalue weighted by molar-refractivity contribution is 7.15. The lowest BCUT2D eigenvalue weighted by Gasteiger charge is -2.46. The first-order chi connectivity index (χ1) is 13.3. The van der Waals surface area contributed by atoms with E-state index >= 15 is 0 Å². The minimum Gasteiger partial charge on any atom is -0.385 e. The Bertz CT molecular complexity index is 755. The predicted molar refractivity (Wildman–Crippen MR) is 118 cm³/mol. The third kappa shape index (κ3) is 6.00. The van der Waals surface area contributed by atoms with Gasteiger partial charge in [0.2, 0.25) is 5.95 Å². The fourth-order valence-corrected chi connectivity index (χ4v) is 5.39. The number of anilines is 1. The zero-order valence-corrected chi connectivity index (χ0v) is 18.7. The van der Waals surface area contributed by atoms with E-state index in [9.17, 15) is 0 Å². The van der Waals surface area contributed by atoms with Crippen molar-refractivity contribution in [1.82, 2.24) is 15.3 Å². The van der Waals surface area contributed by atoms with Gasteiger partial charge in [0.25, 0.3) is 0 Å². The van der Waals surface area contributed by atoms with Crippen LogP contribution in [0.5, 0.6) is 0 Å². The monoisotopic (exact) mass is 402 g/mol. The molecule has 0 bridgehead atoms. The van der Waals surface area contributed by atoms with Crippen LogP contribution < -0.4 is 10.6 Å². The second kappa shape index (κ2) is 8.89. The molecule has 0 unspecified atom stereocenters. The maximum Gasteiger partial charge on any atom is 0.223 e. The third-order valence-electron chi connectivity index (χ3n) is 5.11. The molecule has 1 aliphatic heterocycles. The molecule has 0 amide bonds. The number of ether oxygens (including phenoxy) is 1. The Morgan fingerprint density at radius 2 is 1.89 bits per heavy atom. The highest BCUT2D eigenvalue weighted by atomic mass is 32.1. The number of methoxy groups -OCH3 is 1. The van der Waals surface area contributed by atoms with Gasteiger partial charge in [-0.2, -0.15) is 0 Å². The van der Waals surface area contributed by atoms with Gasteiger partial charge in [0.05, 0.1) is 10.6 Å². The van der Waals surface area contributed by atoms with Crippen LogP contribution in [0, 0.1) is 0 Å². The predicted octanol–water partition coefficient (Wildman–Crippen LogP) is 4.90. The van der Waals surface area contributed by atoms with Crippen LogP contribution in [0.2, 0.25) is 0 Å². The topological polar surface area (TPSA) is 59.1 Å². The molecule has 2 aromatic heterocycles. The number of hydrogen-bond acceptors (Lipinski definition) is 6. The van der Waals surface area contributed by atoms with Gasteiger partial charge < -0.3 is 15.4 Å². The molecule has 0 aliphatic carbocycles. The molecule has 0 saturated carbocycles. The van der Waals surface area contributed by atoms with Gasteiger partial charge in [-0.1, -0.05) is 0 Å². The number of thiophene rings is 1. The molecule has 2 N–H and O–H groups in total. The van der Waals surface area contributed by atoms with Crippen molar-refractivity contribution in [2.75, 3.05) is 19.0 Å². The summed E-state index contributed by atoms with van der Waals surface area (Å²) in [5, 5.41) is 7.31. The van der Waals surface area contributed by atoms with Gasteiger partial charge in [-0.05, 0) is 78.0 Å². The van der Waals surface area contributed by atoms with Crippen molar-refractivity contribution in [2.24, 2.45) is 0 Å². The van der Waals surface area contributed by atoms with Gasteiger partial charge in [-0.3, -0.25) is 0 Å². The Balaban J connectivity index is 1.65. The third-order valence-corrected chi connectivity index (χ3v) is 6.28. The van der Waals surface area contributed by atoms with Gasteiger partial charge >= 0.3 is 0 Å². The first kappa shape index (κ1) is 21.2. The van der Waals surface area contributed by atoms with Crippen molar-refractivity contribution >= 4 is 17.3 Å². The van der Waals surface area contributed by atoms with E-state index in [1.54, 1.807) is 7.11 Å². The zero-order valence-electron chi connectivity index (χ0n) is 17.8. The summed E-state index contributed by atoms with van der Waals surface area (Å²) >= 11 is 1.83. The molecule has 3 rings (SSSR count). The molecule has 3 heterocycles. The Hall–Kier alpha value is -1.50. The van der Waals surface area contributed by atoms with E-state index in [1.807, 2.05) is 23.6 Å². The lowest BCUT2D eigenvalue weighted by Crippen LogP contribution is -2.60. The largest absolute Gasteiger partial charge is 0.385 e. The molecular formula is C22H34N4OS. The number of aromatic nitrogens is 2. The van der Waals surface area contributed by atoms with Gasteiger partial charge in [0, 0.05) is 41.9 Å². The zero-order chi connectivity index (χ0) is 20.2. The van der Waals surface area contributed by atoms with Crippen molar-refractivity contribution in [3.63, 3.8) is 0 Å². The fraction of sp³-hybridized carbons (Fsp3) is 0.636. The molecule has 2 aromatic rings. The van der Waals surface area contributed by atoms with Gasteiger partial charge in [0.1, 0.15) is 0 Å². The summed E-state index contributed by atoms with van der Waals surface area (Å²) in [6.45, 7) is 9.89. The van der Waals surface area contributed by atoms with Crippen LogP contribution in [0.1, 0.15) is 58.3 Å². The molecule has 0 aromatic carbocycles. The van der Waals surface area contributed by atoms with Gasteiger partial charge in [-0.15, -0.1) is 11.3 Å². The van der Waals surface area contributed by atoms with E-state index in [-0.39, 0.29) is 11.1 Å². The van der Waals surface area contributed by atoms with Crippen molar-refractivity contribution < 1.29 is 4.74 Å². The average Bonchev–Trinajstić information content (AvgIpc) is 3.05. The first-order valence-electron chi connectivity index (χ1n) is 10.2. The highest BCUT2D eigenvalue weighted by Gasteiger charge is 2.37. The number of piperidine rings is 1. The molecule has 28 heavy (non-hydrogen) atoms. The van der Waals surface area contributed by atoms with Gasteiger partial charge in [0.15, 0.2) is 0 Å². The summed E-state index contributed by atoms with van der Waals surface area (Å²) in [7, 11) is 1.76. The van der Waals surface area contributed by atoms with E-state index < -0.39 is 0 Å². The molecule has 1 aliphatic rings. The number of rotatable bonds is 8. The number of hydrogen-bond donors (Lipinski definition) is 2. The Kier molecular flexibility index (Phi) is 6.73. The first-order valence-corrected chi connectivity index (χ1v) is 11.0. The SMILES string of the molecule is COCCCCc1ccc(-c2ccnc(NC3CC(C)(C)NC(C)(C)C3)n2)s1. The summed E-state index contributed by atoms with van der Waals surface area (Å²) < 4.78 is 5.13. The lowest BCUT2D eigenvalue weighted by molar-refractivity contribution is 0.170. The van der Waals surface area contributed by atoms with E-state index in [1.165, 1.54) is 9.75 Å². The van der Waals surface area contributed by atoms with Crippen LogP contribution >= 0.6 is 11.3 Å². The van der Waals surface area contributed by atoms with Crippen LogP contribution in [0.15, 0.2) is 24.4 Å². The molecule has 1 saturated heterocycles. The lowest BCUT2D eigenvalue weighted by atomic mass is 9.80. The second-order valence-electron chi connectivity index (χ2n) is 9.12. The van der Waals surface area contributed by atoms with Crippen LogP contribution in [0.4, 0.5) is 5.95 Å². The summed E-state index contributed by atoms with van der Waals surface area (Å²) in [5.74, 6) is 0.728. The summed E-state index contributed by atoms with van der Waals surface area (Å²) in [5.41, 5.74) is 1.20. The average molecular weight is 403 g/mol. The summed E-state index contributed by atoms with van der Waals surface area (Å²) in [4.78, 5) is 11.9. The Morgan fingerprint density at radius 1 is 1.14 bits per heavy atom. The van der Waals surface area contributed by atoms with Crippen molar-refractivity contribution in [1.29, 1.82) is 0 Å². The number of aryl methyl sites for hydroxylation is 1. The van der Waals surface area contributed by atoms with Crippen LogP contribution in [0.3, 0.4) is 0 Å². The van der Waals surface area contributed by atoms with Crippen LogP contribution in [-0.2, 0) is 11.2 Å². The summed E-state index contributed by atoms with van der Waals surface area (Å²) in [6, 6.07) is 6.77. The minimum atomic E-state index is 0.0997. The number of unbranched alkanes of at least 4 members (excludes halogenated alkanes) is 1. The molecule has 5 nitrogen and oxygen atoms in total. The molecule has 0 radical (unpaired) electrons. The maximum atomic E-state index is 5.13. The smallest absolute Gasteiger partial charge is 0.223 e. The highest BCUT2D eigenvalue weighted by Crippen LogP contribution is 2.31. The summed E-state index contributed by atoms with van der Waals surface area (Å²) in [6.07, 6.45) is 7.33. The molecule has 6 heteroatoms. The molecule has 154 valence electrons.